The minimum atomic E-state index is -1.47. The Morgan fingerprint density at radius 1 is 0.354 bits per heavy atom. The first-order valence-corrected chi connectivity index (χ1v) is 29.5. The molecule has 0 aromatic rings. The van der Waals surface area contributed by atoms with Crippen molar-refractivity contribution in [3.8, 4) is 0 Å². The summed E-state index contributed by atoms with van der Waals surface area (Å²) in [7, 11) is 0. The van der Waals surface area contributed by atoms with Crippen LogP contribution in [-0.2, 0) is 14.4 Å². The lowest BCUT2D eigenvalue weighted by atomic mass is 9.83. The van der Waals surface area contributed by atoms with Gasteiger partial charge in [0.1, 0.15) is 5.54 Å². The molecule has 1 unspecified atom stereocenters. The van der Waals surface area contributed by atoms with Crippen LogP contribution in [0.4, 0.5) is 0 Å². The van der Waals surface area contributed by atoms with E-state index in [1.807, 2.05) is 0 Å². The lowest BCUT2D eigenvalue weighted by molar-refractivity contribution is -0.163. The molecule has 0 aliphatic carbocycles. The van der Waals surface area contributed by atoms with Crippen LogP contribution in [0.2, 0.25) is 0 Å². The topological polar surface area (TPSA) is 94.9 Å². The molecule has 6 heteroatoms. The van der Waals surface area contributed by atoms with Crippen molar-refractivity contribution in [3.63, 3.8) is 0 Å². The largest absolute Gasteiger partial charge is 0.481 e. The van der Waals surface area contributed by atoms with Gasteiger partial charge in [0.15, 0.2) is 0 Å². The van der Waals surface area contributed by atoms with Crippen molar-refractivity contribution in [2.24, 2.45) is 5.92 Å². The van der Waals surface area contributed by atoms with Gasteiger partial charge < -0.3 is 15.1 Å². The first-order valence-electron chi connectivity index (χ1n) is 29.5. The zero-order chi connectivity index (χ0) is 47.7. The summed E-state index contributed by atoms with van der Waals surface area (Å²) >= 11 is 0. The van der Waals surface area contributed by atoms with E-state index in [0.29, 0.717) is 25.8 Å². The van der Waals surface area contributed by atoms with E-state index in [2.05, 4.69) is 27.7 Å². The molecule has 1 amide bonds. The number of hydrogen-bond donors (Lipinski definition) is 2. The van der Waals surface area contributed by atoms with Gasteiger partial charge in [0.25, 0.3) is 0 Å². The monoisotopic (exact) mass is 918 g/mol. The van der Waals surface area contributed by atoms with Gasteiger partial charge in [-0.15, -0.1) is 0 Å². The Kier molecular flexibility index (Phi) is 47.7. The van der Waals surface area contributed by atoms with E-state index in [4.69, 9.17) is 0 Å². The molecular weight excluding hydrogens is 803 g/mol. The summed E-state index contributed by atoms with van der Waals surface area (Å²) in [6.07, 6.45) is 56.1. The third-order valence-electron chi connectivity index (χ3n) is 14.8. The van der Waals surface area contributed by atoms with E-state index < -0.39 is 17.5 Å². The molecule has 2 N–H and O–H groups in total. The van der Waals surface area contributed by atoms with Crippen LogP contribution >= 0.6 is 0 Å². The summed E-state index contributed by atoms with van der Waals surface area (Å²) in [6, 6.07) is 0. The summed E-state index contributed by atoms with van der Waals surface area (Å²) in [5.74, 6) is -1.79. The van der Waals surface area contributed by atoms with Crippen LogP contribution in [-0.4, -0.2) is 45.0 Å². The van der Waals surface area contributed by atoms with Crippen LogP contribution in [0.3, 0.4) is 0 Å². The summed E-state index contributed by atoms with van der Waals surface area (Å²) in [5.41, 5.74) is -1.47. The van der Waals surface area contributed by atoms with Crippen LogP contribution in [0.25, 0.3) is 0 Å². The Labute approximate surface area is 406 Å². The maximum absolute atomic E-state index is 14.6. The molecule has 0 aromatic heterocycles. The molecule has 0 saturated heterocycles. The van der Waals surface area contributed by atoms with E-state index >= 15 is 0 Å². The van der Waals surface area contributed by atoms with Gasteiger partial charge in [0.05, 0.1) is 0 Å². The van der Waals surface area contributed by atoms with Crippen LogP contribution in [0.15, 0.2) is 0 Å². The van der Waals surface area contributed by atoms with Crippen LogP contribution in [0.5, 0.6) is 0 Å². The number of nitrogens with zero attached hydrogens (tertiary/aromatic N) is 1. The lowest BCUT2D eigenvalue weighted by Gasteiger charge is -2.43. The Balaban J connectivity index is 5.54. The molecule has 0 aliphatic rings. The number of carbonyl (C=O) groups is 3. The SMILES string of the molecule is CCCCCCCCCCCCCCCCCCCCCC[C@](CCC(=O)O)(C(=O)O)N(CC(CCCCCCCC)CCCCCCCCCC)C(=O)CCCCCCCCCCC. The highest BCUT2D eigenvalue weighted by Gasteiger charge is 2.46. The highest BCUT2D eigenvalue weighted by atomic mass is 16.4. The van der Waals surface area contributed by atoms with E-state index in [-0.39, 0.29) is 24.7 Å². The highest BCUT2D eigenvalue weighted by molar-refractivity contribution is 5.87. The molecule has 0 fully saturated rings. The molecule has 386 valence electrons. The first-order chi connectivity index (χ1) is 31.8. The second-order valence-electron chi connectivity index (χ2n) is 21.0. The van der Waals surface area contributed by atoms with E-state index in [1.54, 1.807) is 4.90 Å². The molecule has 0 heterocycles. The maximum Gasteiger partial charge on any atom is 0.329 e. The Morgan fingerprint density at radius 2 is 0.631 bits per heavy atom. The lowest BCUT2D eigenvalue weighted by Crippen LogP contribution is -2.58. The van der Waals surface area contributed by atoms with Crippen molar-refractivity contribution in [1.82, 2.24) is 4.90 Å². The van der Waals surface area contributed by atoms with Gasteiger partial charge in [-0.1, -0.05) is 297 Å². The first kappa shape index (κ1) is 63.4. The van der Waals surface area contributed by atoms with Crippen LogP contribution < -0.4 is 0 Å². The number of unbranched alkanes of at least 4 members (excludes halogenated alkanes) is 39. The summed E-state index contributed by atoms with van der Waals surface area (Å²) in [4.78, 5) is 42.2. The zero-order valence-electron chi connectivity index (χ0n) is 44.5. The fourth-order valence-electron chi connectivity index (χ4n) is 10.3. The van der Waals surface area contributed by atoms with Crippen molar-refractivity contribution < 1.29 is 24.6 Å². The van der Waals surface area contributed by atoms with Crippen molar-refractivity contribution in [1.29, 1.82) is 0 Å². The van der Waals surface area contributed by atoms with Crippen LogP contribution in [0, 0.1) is 5.92 Å². The third kappa shape index (κ3) is 39.0. The number of hydrogen-bond acceptors (Lipinski definition) is 3. The smallest absolute Gasteiger partial charge is 0.329 e. The van der Waals surface area contributed by atoms with Gasteiger partial charge in [-0.25, -0.2) is 4.79 Å². The zero-order valence-corrected chi connectivity index (χ0v) is 44.5. The minimum Gasteiger partial charge on any atom is -0.481 e. The molecule has 65 heavy (non-hydrogen) atoms. The van der Waals surface area contributed by atoms with Crippen molar-refractivity contribution in [2.75, 3.05) is 6.54 Å². The molecule has 0 radical (unpaired) electrons. The summed E-state index contributed by atoms with van der Waals surface area (Å²) < 4.78 is 0. The number of rotatable bonds is 54. The quantitative estimate of drug-likeness (QED) is 0.0593. The predicted octanol–water partition coefficient (Wildman–Crippen LogP) is 19.5. The Hall–Kier alpha value is -1.59. The molecule has 0 saturated carbocycles. The second-order valence-corrected chi connectivity index (χ2v) is 21.0. The normalized spacial score (nSPS) is 13.0. The van der Waals surface area contributed by atoms with Gasteiger partial charge in [0, 0.05) is 19.4 Å². The maximum atomic E-state index is 14.6. The summed E-state index contributed by atoms with van der Waals surface area (Å²) in [5, 5.41) is 21.1. The number of carbonyl (C=O) groups excluding carboxylic acids is 1. The molecule has 0 rings (SSSR count). The molecular formula is C59H115NO5. The van der Waals surface area contributed by atoms with Gasteiger partial charge in [-0.3, -0.25) is 9.59 Å². The third-order valence-corrected chi connectivity index (χ3v) is 14.8. The average Bonchev–Trinajstić information content (AvgIpc) is 3.29. The second kappa shape index (κ2) is 48.9. The Bertz CT molecular complexity index is 1030. The standard InChI is InChI=1S/C59H115NO5/c1-5-9-13-17-21-24-25-26-27-28-29-30-31-32-33-34-36-39-43-47-52-59(58(64)65,53-51-57(62)63)60(56(61)50-46-42-38-35-22-18-14-10-6-2)54-55(48-44-40-20-16-12-8-4)49-45-41-37-23-19-15-11-7-3/h55H,5-54H2,1-4H3,(H,62,63)(H,64,65)/t55?,59-/m0/s1. The minimum absolute atomic E-state index is 0.0121. The summed E-state index contributed by atoms with van der Waals surface area (Å²) in [6.45, 7) is 9.50. The Morgan fingerprint density at radius 3 is 0.923 bits per heavy atom. The van der Waals surface area contributed by atoms with E-state index in [9.17, 15) is 24.6 Å². The van der Waals surface area contributed by atoms with Gasteiger partial charge in [0.2, 0.25) is 5.91 Å². The molecule has 6 nitrogen and oxygen atoms in total. The van der Waals surface area contributed by atoms with Gasteiger partial charge >= 0.3 is 11.9 Å². The van der Waals surface area contributed by atoms with Gasteiger partial charge in [-0.2, -0.15) is 0 Å². The fourth-order valence-corrected chi connectivity index (χ4v) is 10.3. The molecule has 0 bridgehead atoms. The van der Waals surface area contributed by atoms with Crippen molar-refractivity contribution in [3.05, 3.63) is 0 Å². The molecule has 0 spiro atoms. The molecule has 0 aliphatic heterocycles. The van der Waals surface area contributed by atoms with E-state index in [0.717, 1.165) is 64.2 Å². The van der Waals surface area contributed by atoms with Crippen molar-refractivity contribution in [2.45, 2.75) is 348 Å². The van der Waals surface area contributed by atoms with Crippen LogP contribution in [0.1, 0.15) is 342 Å². The van der Waals surface area contributed by atoms with Crippen molar-refractivity contribution >= 4 is 17.8 Å². The predicted molar refractivity (Wildman–Crippen MR) is 282 cm³/mol. The fraction of sp³-hybridized carbons (Fsp3) is 0.949. The molecule has 2 atom stereocenters. The number of amides is 1. The highest BCUT2D eigenvalue weighted by Crippen LogP contribution is 2.34. The number of carboxylic acid groups (broad SMARTS) is 2. The van der Waals surface area contributed by atoms with E-state index in [1.165, 1.54) is 218 Å². The number of carboxylic acids is 2. The molecule has 0 aromatic carbocycles. The number of aliphatic carboxylic acids is 2. The average molecular weight is 919 g/mol. The van der Waals surface area contributed by atoms with Gasteiger partial charge in [-0.05, 0) is 38.0 Å².